The minimum atomic E-state index is -0.702. The van der Waals surface area contributed by atoms with E-state index in [1.54, 1.807) is 36.8 Å². The summed E-state index contributed by atoms with van der Waals surface area (Å²) in [6.07, 6.45) is 5.53. The lowest BCUT2D eigenvalue weighted by Crippen LogP contribution is -2.45. The molecule has 7 rings (SSSR count). The van der Waals surface area contributed by atoms with E-state index >= 15 is 0 Å². The average Bonchev–Trinajstić information content (AvgIpc) is 3.71. The van der Waals surface area contributed by atoms with E-state index in [-0.39, 0.29) is 28.0 Å². The van der Waals surface area contributed by atoms with Crippen molar-refractivity contribution in [3.05, 3.63) is 137 Å². The van der Waals surface area contributed by atoms with Crippen molar-refractivity contribution >= 4 is 39.8 Å². The maximum Gasteiger partial charge on any atom is 0.291 e. The summed E-state index contributed by atoms with van der Waals surface area (Å²) in [5.74, 6) is -0.776. The molecule has 2 aromatic heterocycles. The Labute approximate surface area is 293 Å². The number of benzene rings is 4. The number of ether oxygens (including phenoxy) is 2. The van der Waals surface area contributed by atoms with Crippen LogP contribution in [0.4, 0.5) is 17.1 Å². The monoisotopic (exact) mass is 684 g/mol. The van der Waals surface area contributed by atoms with Gasteiger partial charge in [-0.1, -0.05) is 24.3 Å². The van der Waals surface area contributed by atoms with Crippen LogP contribution in [-0.2, 0) is 6.54 Å². The van der Waals surface area contributed by atoms with Crippen LogP contribution in [0.2, 0.25) is 0 Å². The zero-order valence-corrected chi connectivity index (χ0v) is 28.2. The molecule has 0 unspecified atom stereocenters. The molecule has 0 spiro atoms. The van der Waals surface area contributed by atoms with Gasteiger partial charge >= 0.3 is 0 Å². The van der Waals surface area contributed by atoms with Crippen molar-refractivity contribution in [1.82, 2.24) is 14.5 Å². The molecule has 0 saturated carbocycles. The van der Waals surface area contributed by atoms with Gasteiger partial charge in [0, 0.05) is 74.3 Å². The van der Waals surface area contributed by atoms with Crippen molar-refractivity contribution in [2.75, 3.05) is 55.9 Å². The van der Waals surface area contributed by atoms with E-state index in [2.05, 4.69) is 49.7 Å². The summed E-state index contributed by atoms with van der Waals surface area (Å²) in [6.45, 7) is 4.46. The predicted molar refractivity (Wildman–Crippen MR) is 195 cm³/mol. The maximum atomic E-state index is 13.7. The average molecular weight is 685 g/mol. The number of anilines is 3. The first-order valence-electron chi connectivity index (χ1n) is 16.4. The number of amides is 2. The molecule has 51 heavy (non-hydrogen) atoms. The number of aromatic nitrogens is 2. The number of para-hydroxylation sites is 1. The summed E-state index contributed by atoms with van der Waals surface area (Å²) < 4.78 is 18.6. The molecule has 258 valence electrons. The van der Waals surface area contributed by atoms with Gasteiger partial charge in [-0.2, -0.15) is 0 Å². The molecular weight excluding hydrogens is 648 g/mol. The third kappa shape index (κ3) is 7.31. The first-order valence-corrected chi connectivity index (χ1v) is 16.4. The molecule has 4 aromatic carbocycles. The Morgan fingerprint density at radius 2 is 1.57 bits per heavy atom. The van der Waals surface area contributed by atoms with Crippen LogP contribution in [0.25, 0.3) is 16.7 Å². The Morgan fingerprint density at radius 3 is 2.31 bits per heavy atom. The third-order valence-corrected chi connectivity index (χ3v) is 8.86. The van der Waals surface area contributed by atoms with Crippen LogP contribution in [0.1, 0.15) is 26.5 Å². The molecule has 1 saturated heterocycles. The number of carbonyl (C=O) groups excluding carboxylic acids is 2. The lowest BCUT2D eigenvalue weighted by Gasteiger charge is -2.36. The highest BCUT2D eigenvalue weighted by molar-refractivity contribution is 6.12. The van der Waals surface area contributed by atoms with Crippen molar-refractivity contribution in [3.63, 3.8) is 0 Å². The van der Waals surface area contributed by atoms with Crippen molar-refractivity contribution in [3.8, 4) is 17.2 Å². The molecule has 0 atom stereocenters. The normalized spacial score (nSPS) is 13.2. The van der Waals surface area contributed by atoms with Gasteiger partial charge in [-0.05, 0) is 60.2 Å². The summed E-state index contributed by atoms with van der Waals surface area (Å²) >= 11 is 0. The Bertz CT molecular complexity index is 2240. The van der Waals surface area contributed by atoms with E-state index in [1.165, 1.54) is 31.9 Å². The summed E-state index contributed by atoms with van der Waals surface area (Å²) in [4.78, 5) is 48.5. The van der Waals surface area contributed by atoms with Crippen LogP contribution < -0.4 is 30.4 Å². The summed E-state index contributed by atoms with van der Waals surface area (Å²) in [6, 6.07) is 27.0. The molecule has 12 nitrogen and oxygen atoms in total. The smallest absolute Gasteiger partial charge is 0.291 e. The zero-order valence-electron chi connectivity index (χ0n) is 28.2. The number of nitrogens with one attached hydrogen (secondary N) is 2. The van der Waals surface area contributed by atoms with Crippen molar-refractivity contribution in [2.24, 2.45) is 0 Å². The summed E-state index contributed by atoms with van der Waals surface area (Å²) in [7, 11) is 2.91. The van der Waals surface area contributed by atoms with E-state index in [9.17, 15) is 14.4 Å². The van der Waals surface area contributed by atoms with Crippen LogP contribution >= 0.6 is 0 Å². The number of hydrogen-bond donors (Lipinski definition) is 2. The number of imidazole rings is 1. The number of fused-ring (bicyclic) bond motifs is 1. The van der Waals surface area contributed by atoms with E-state index in [1.807, 2.05) is 35.0 Å². The molecule has 0 radical (unpaired) electrons. The number of methoxy groups -OCH3 is 2. The fraction of sp³-hybridized carbons (Fsp3) is 0.179. The van der Waals surface area contributed by atoms with Gasteiger partial charge in [-0.15, -0.1) is 0 Å². The first-order chi connectivity index (χ1) is 24.9. The van der Waals surface area contributed by atoms with Crippen LogP contribution in [-0.4, -0.2) is 66.7 Å². The Morgan fingerprint density at radius 1 is 0.804 bits per heavy atom. The number of nitrogens with zero attached hydrogens (tertiary/aromatic N) is 4. The maximum absolute atomic E-state index is 13.7. The quantitative estimate of drug-likeness (QED) is 0.183. The summed E-state index contributed by atoms with van der Waals surface area (Å²) in [5.41, 5.74) is 4.18. The molecule has 3 heterocycles. The lowest BCUT2D eigenvalue weighted by atomic mass is 10.1. The number of piperazine rings is 1. The second-order valence-electron chi connectivity index (χ2n) is 12.1. The predicted octanol–water partition coefficient (Wildman–Crippen LogP) is 5.82. The zero-order chi connectivity index (χ0) is 35.3. The molecule has 2 amide bonds. The molecule has 6 aromatic rings. The van der Waals surface area contributed by atoms with Gasteiger partial charge in [0.1, 0.15) is 5.58 Å². The largest absolute Gasteiger partial charge is 0.493 e. The van der Waals surface area contributed by atoms with E-state index in [4.69, 9.17) is 13.9 Å². The fourth-order valence-electron chi connectivity index (χ4n) is 6.17. The van der Waals surface area contributed by atoms with Crippen molar-refractivity contribution < 1.29 is 23.5 Å². The van der Waals surface area contributed by atoms with Crippen molar-refractivity contribution in [1.29, 1.82) is 0 Å². The molecule has 1 aliphatic heterocycles. The Hall–Kier alpha value is -6.40. The highest BCUT2D eigenvalue weighted by Crippen LogP contribution is 2.34. The van der Waals surface area contributed by atoms with E-state index < -0.39 is 11.8 Å². The summed E-state index contributed by atoms with van der Waals surface area (Å²) in [5, 5.41) is 5.99. The Balaban J connectivity index is 1.01. The molecule has 0 aliphatic carbocycles. The van der Waals surface area contributed by atoms with Gasteiger partial charge in [0.25, 0.3) is 11.8 Å². The second kappa shape index (κ2) is 14.6. The molecule has 1 fully saturated rings. The minimum absolute atomic E-state index is 0.125. The number of hydrogen-bond acceptors (Lipinski definition) is 9. The van der Waals surface area contributed by atoms with Gasteiger partial charge in [0.2, 0.25) is 0 Å². The third-order valence-electron chi connectivity index (χ3n) is 8.86. The topological polar surface area (TPSA) is 131 Å². The SMILES string of the molecule is COc1cc(NC(=O)c2cc(=O)c3ccccc3o2)c(C(=O)Nc2ccc(N3CCN(Cc4cccc(-n5ccnc5)c4)CC3)cc2)cc1OC. The van der Waals surface area contributed by atoms with Crippen LogP contribution in [0.5, 0.6) is 11.5 Å². The van der Waals surface area contributed by atoms with Gasteiger partial charge in [0.05, 0.1) is 37.2 Å². The van der Waals surface area contributed by atoms with Gasteiger partial charge < -0.3 is 34.0 Å². The van der Waals surface area contributed by atoms with Gasteiger partial charge in [-0.3, -0.25) is 19.3 Å². The lowest BCUT2D eigenvalue weighted by molar-refractivity contribution is 0.0997. The standard InChI is InChI=1S/C39H36N6O6/c1-49-35-21-31(32(22-36(35)50-2)42-39(48)37-23-33(46)30-8-3-4-9-34(30)51-37)38(47)41-27-10-12-28(13-11-27)44-18-16-43(17-19-44)24-26-6-5-7-29(20-26)45-15-14-40-25-45/h3-15,20-23,25H,16-19,24H2,1-2H3,(H,41,47)(H,42,48). The van der Waals surface area contributed by atoms with Crippen LogP contribution in [0, 0.1) is 0 Å². The molecule has 2 N–H and O–H groups in total. The second-order valence-corrected chi connectivity index (χ2v) is 12.1. The van der Waals surface area contributed by atoms with E-state index in [0.29, 0.717) is 22.6 Å². The first kappa shape index (κ1) is 33.1. The Kier molecular flexibility index (Phi) is 9.48. The minimum Gasteiger partial charge on any atom is -0.493 e. The highest BCUT2D eigenvalue weighted by atomic mass is 16.5. The van der Waals surface area contributed by atoms with Gasteiger partial charge in [0.15, 0.2) is 22.7 Å². The number of carbonyl (C=O) groups is 2. The number of rotatable bonds is 10. The molecular formula is C39H36N6O6. The molecule has 1 aliphatic rings. The van der Waals surface area contributed by atoms with Crippen LogP contribution in [0.15, 0.2) is 119 Å². The van der Waals surface area contributed by atoms with Crippen LogP contribution in [0.3, 0.4) is 0 Å². The van der Waals surface area contributed by atoms with E-state index in [0.717, 1.165) is 50.2 Å². The fourth-order valence-corrected chi connectivity index (χ4v) is 6.17. The highest BCUT2D eigenvalue weighted by Gasteiger charge is 2.22. The van der Waals surface area contributed by atoms with Crippen molar-refractivity contribution in [2.45, 2.75) is 6.54 Å². The molecule has 0 bridgehead atoms. The molecule has 12 heteroatoms. The van der Waals surface area contributed by atoms with Gasteiger partial charge in [-0.25, -0.2) is 4.98 Å².